The normalized spacial score (nSPS) is 11.8. The summed E-state index contributed by atoms with van der Waals surface area (Å²) in [6, 6.07) is 8.52. The lowest BCUT2D eigenvalue weighted by Crippen LogP contribution is -2.06. The Morgan fingerprint density at radius 1 is 1.17 bits per heavy atom. The van der Waals surface area contributed by atoms with Gasteiger partial charge >= 0.3 is 12.1 Å². The molecule has 3 rings (SSSR count). The highest BCUT2D eigenvalue weighted by Crippen LogP contribution is 2.37. The number of alkyl halides is 3. The minimum absolute atomic E-state index is 0.0658. The van der Waals surface area contributed by atoms with Gasteiger partial charge in [0.05, 0.1) is 16.6 Å². The Labute approximate surface area is 128 Å². The lowest BCUT2D eigenvalue weighted by atomic mass is 10.1. The van der Waals surface area contributed by atoms with Gasteiger partial charge in [0.1, 0.15) is 0 Å². The highest BCUT2D eigenvalue weighted by atomic mass is 19.4. The first kappa shape index (κ1) is 15.1. The molecular formula is C16H10F3NO3. The zero-order valence-corrected chi connectivity index (χ0v) is 11.8. The van der Waals surface area contributed by atoms with Gasteiger partial charge in [-0.1, -0.05) is 29.8 Å². The van der Waals surface area contributed by atoms with Crippen molar-refractivity contribution in [3.8, 4) is 11.3 Å². The number of aryl methyl sites for hydroxylation is 1. The van der Waals surface area contributed by atoms with Crippen LogP contribution in [0.15, 0.2) is 40.8 Å². The summed E-state index contributed by atoms with van der Waals surface area (Å²) in [5.41, 5.74) is 0.173. The van der Waals surface area contributed by atoms with Gasteiger partial charge in [0.15, 0.2) is 0 Å². The summed E-state index contributed by atoms with van der Waals surface area (Å²) < 4.78 is 44.8. The molecule has 0 atom stereocenters. The third kappa shape index (κ3) is 2.77. The second kappa shape index (κ2) is 5.12. The van der Waals surface area contributed by atoms with Gasteiger partial charge in [-0.05, 0) is 13.0 Å². The number of pyridine rings is 1. The Hall–Kier alpha value is -2.83. The molecule has 0 spiro atoms. The van der Waals surface area contributed by atoms with Crippen LogP contribution in [0.25, 0.3) is 22.4 Å². The molecule has 3 aromatic rings. The fourth-order valence-electron chi connectivity index (χ4n) is 2.23. The van der Waals surface area contributed by atoms with Gasteiger partial charge < -0.3 is 9.52 Å². The third-order valence-electron chi connectivity index (χ3n) is 3.37. The van der Waals surface area contributed by atoms with E-state index >= 15 is 0 Å². The van der Waals surface area contributed by atoms with Crippen molar-refractivity contribution in [2.24, 2.45) is 0 Å². The molecule has 1 aromatic carbocycles. The molecule has 0 saturated carbocycles. The van der Waals surface area contributed by atoms with Crippen LogP contribution in [0.5, 0.6) is 0 Å². The Balaban J connectivity index is 2.28. The summed E-state index contributed by atoms with van der Waals surface area (Å²) in [6.07, 6.45) is -4.65. The van der Waals surface area contributed by atoms with Crippen LogP contribution in [0.3, 0.4) is 0 Å². The molecule has 0 unspecified atom stereocenters. The van der Waals surface area contributed by atoms with E-state index in [0.29, 0.717) is 5.56 Å². The van der Waals surface area contributed by atoms with Crippen LogP contribution >= 0.6 is 0 Å². The molecule has 0 radical (unpaired) electrons. The van der Waals surface area contributed by atoms with Crippen LogP contribution in [-0.2, 0) is 6.18 Å². The van der Waals surface area contributed by atoms with Crippen LogP contribution in [0.2, 0.25) is 0 Å². The van der Waals surface area contributed by atoms with Gasteiger partial charge in [0.2, 0.25) is 11.5 Å². The Morgan fingerprint density at radius 3 is 2.39 bits per heavy atom. The first-order valence-electron chi connectivity index (χ1n) is 6.58. The minimum Gasteiger partial charge on any atom is -0.475 e. The number of aromatic carboxylic acids is 1. The van der Waals surface area contributed by atoms with E-state index in [0.717, 1.165) is 17.7 Å². The van der Waals surface area contributed by atoms with Crippen LogP contribution in [0.1, 0.15) is 21.7 Å². The number of fused-ring (bicyclic) bond motifs is 1. The summed E-state index contributed by atoms with van der Waals surface area (Å²) in [4.78, 5) is 14.9. The standard InChI is InChI=1S/C16H10F3NO3/c1-8-2-4-9(5-3-8)12-7-11(16(17,18)19)10-6-13(15(21)22)23-14(10)20-12/h2-7H,1H3,(H,21,22). The van der Waals surface area contributed by atoms with Gasteiger partial charge in [-0.25, -0.2) is 9.78 Å². The zero-order valence-electron chi connectivity index (χ0n) is 11.8. The molecule has 4 nitrogen and oxygen atoms in total. The van der Waals surface area contributed by atoms with Crippen molar-refractivity contribution in [2.45, 2.75) is 13.1 Å². The van der Waals surface area contributed by atoms with Gasteiger partial charge in [-0.2, -0.15) is 13.2 Å². The number of hydrogen-bond donors (Lipinski definition) is 1. The molecule has 0 saturated heterocycles. The maximum Gasteiger partial charge on any atom is 0.417 e. The number of carboxylic acids is 1. The molecular weight excluding hydrogens is 311 g/mol. The second-order valence-electron chi connectivity index (χ2n) is 5.05. The molecule has 2 heterocycles. The number of nitrogens with zero attached hydrogens (tertiary/aromatic N) is 1. The van der Waals surface area contributed by atoms with E-state index in [-0.39, 0.29) is 16.8 Å². The maximum atomic E-state index is 13.3. The van der Waals surface area contributed by atoms with Gasteiger partial charge in [0.25, 0.3) is 0 Å². The third-order valence-corrected chi connectivity index (χ3v) is 3.37. The number of halogens is 3. The topological polar surface area (TPSA) is 63.3 Å². The summed E-state index contributed by atoms with van der Waals surface area (Å²) in [5.74, 6) is -2.04. The van der Waals surface area contributed by atoms with Crippen LogP contribution in [-0.4, -0.2) is 16.1 Å². The molecule has 0 amide bonds. The summed E-state index contributed by atoms with van der Waals surface area (Å²) in [6.45, 7) is 1.85. The highest BCUT2D eigenvalue weighted by Gasteiger charge is 2.35. The number of carboxylic acid groups (broad SMARTS) is 1. The number of aromatic nitrogens is 1. The van der Waals surface area contributed by atoms with Gasteiger partial charge in [-0.3, -0.25) is 0 Å². The number of benzene rings is 1. The average molecular weight is 321 g/mol. The lowest BCUT2D eigenvalue weighted by molar-refractivity contribution is -0.136. The van der Waals surface area contributed by atoms with Gasteiger partial charge in [0, 0.05) is 11.6 Å². The van der Waals surface area contributed by atoms with Crippen molar-refractivity contribution in [1.82, 2.24) is 4.98 Å². The SMILES string of the molecule is Cc1ccc(-c2cc(C(F)(F)F)c3cc(C(=O)O)oc3n2)cc1. The molecule has 23 heavy (non-hydrogen) atoms. The van der Waals surface area contributed by atoms with Crippen LogP contribution < -0.4 is 0 Å². The molecule has 0 aliphatic carbocycles. The fourth-order valence-corrected chi connectivity index (χ4v) is 2.23. The number of rotatable bonds is 2. The van der Waals surface area contributed by atoms with Crippen LogP contribution in [0.4, 0.5) is 13.2 Å². The molecule has 7 heteroatoms. The van der Waals surface area contributed by atoms with Crippen molar-refractivity contribution >= 4 is 17.1 Å². The van der Waals surface area contributed by atoms with E-state index in [2.05, 4.69) is 4.98 Å². The largest absolute Gasteiger partial charge is 0.475 e. The molecule has 0 aliphatic heterocycles. The van der Waals surface area contributed by atoms with Crippen molar-refractivity contribution in [3.05, 3.63) is 53.3 Å². The van der Waals surface area contributed by atoms with E-state index in [1.54, 1.807) is 24.3 Å². The smallest absolute Gasteiger partial charge is 0.417 e. The predicted octanol–water partition coefficient (Wildman–Crippen LogP) is 4.52. The maximum absolute atomic E-state index is 13.3. The van der Waals surface area contributed by atoms with E-state index in [4.69, 9.17) is 9.52 Å². The van der Waals surface area contributed by atoms with E-state index in [1.807, 2.05) is 6.92 Å². The zero-order chi connectivity index (χ0) is 16.8. The Kier molecular flexibility index (Phi) is 3.35. The lowest BCUT2D eigenvalue weighted by Gasteiger charge is -2.10. The molecule has 0 aliphatic rings. The second-order valence-corrected chi connectivity index (χ2v) is 5.05. The highest BCUT2D eigenvalue weighted by molar-refractivity contribution is 5.92. The predicted molar refractivity (Wildman–Crippen MR) is 76.1 cm³/mol. The number of furan rings is 1. The fraction of sp³-hybridized carbons (Fsp3) is 0.125. The molecule has 1 N–H and O–H groups in total. The first-order valence-corrected chi connectivity index (χ1v) is 6.58. The first-order chi connectivity index (χ1) is 10.8. The van der Waals surface area contributed by atoms with Crippen molar-refractivity contribution in [2.75, 3.05) is 0 Å². The van der Waals surface area contributed by atoms with Crippen molar-refractivity contribution in [3.63, 3.8) is 0 Å². The summed E-state index contributed by atoms with van der Waals surface area (Å²) in [7, 11) is 0. The quantitative estimate of drug-likeness (QED) is 0.754. The molecule has 118 valence electrons. The number of carbonyl (C=O) groups is 1. The van der Waals surface area contributed by atoms with Crippen molar-refractivity contribution < 1.29 is 27.5 Å². The average Bonchev–Trinajstić information content (AvgIpc) is 2.90. The molecule has 0 bridgehead atoms. The Morgan fingerprint density at radius 2 is 1.83 bits per heavy atom. The van der Waals surface area contributed by atoms with E-state index in [1.165, 1.54) is 0 Å². The Bertz CT molecular complexity index is 895. The van der Waals surface area contributed by atoms with E-state index < -0.39 is 23.5 Å². The van der Waals surface area contributed by atoms with Crippen molar-refractivity contribution in [1.29, 1.82) is 0 Å². The van der Waals surface area contributed by atoms with E-state index in [9.17, 15) is 18.0 Å². The molecule has 2 aromatic heterocycles. The summed E-state index contributed by atoms with van der Waals surface area (Å²) in [5, 5.41) is 8.52. The minimum atomic E-state index is -4.65. The number of hydrogen-bond acceptors (Lipinski definition) is 3. The van der Waals surface area contributed by atoms with Gasteiger partial charge in [-0.15, -0.1) is 0 Å². The summed E-state index contributed by atoms with van der Waals surface area (Å²) >= 11 is 0. The molecule has 0 fully saturated rings. The monoisotopic (exact) mass is 321 g/mol. The van der Waals surface area contributed by atoms with Crippen LogP contribution in [0, 0.1) is 6.92 Å².